The van der Waals surface area contributed by atoms with Gasteiger partial charge in [0.15, 0.2) is 0 Å². The second kappa shape index (κ2) is 18.0. The SMILES string of the molecule is C=CC(=O)OCCCCCCc1ccc(-c2ccc(-c3ccc(C4CCC(CCCCOC(=O)C=C)CC4)cc3)cc2)cc1. The van der Waals surface area contributed by atoms with E-state index in [9.17, 15) is 9.59 Å². The summed E-state index contributed by atoms with van der Waals surface area (Å²) < 4.78 is 10.1. The second-order valence-corrected chi connectivity index (χ2v) is 12.0. The van der Waals surface area contributed by atoms with E-state index in [0.717, 1.165) is 50.9 Å². The molecule has 0 saturated heterocycles. The van der Waals surface area contributed by atoms with Crippen molar-refractivity contribution in [3.05, 3.63) is 109 Å². The first-order chi connectivity index (χ1) is 21.6. The van der Waals surface area contributed by atoms with Gasteiger partial charge in [-0.25, -0.2) is 9.59 Å². The van der Waals surface area contributed by atoms with Crippen molar-refractivity contribution in [3.8, 4) is 22.3 Å². The van der Waals surface area contributed by atoms with Crippen LogP contribution in [0.25, 0.3) is 22.3 Å². The van der Waals surface area contributed by atoms with Gasteiger partial charge in [0.25, 0.3) is 0 Å². The summed E-state index contributed by atoms with van der Waals surface area (Å²) in [7, 11) is 0. The van der Waals surface area contributed by atoms with Crippen LogP contribution >= 0.6 is 0 Å². The maximum atomic E-state index is 11.1. The molecule has 1 aliphatic rings. The van der Waals surface area contributed by atoms with Crippen LogP contribution in [0.5, 0.6) is 0 Å². The Hall–Kier alpha value is -3.92. The van der Waals surface area contributed by atoms with Gasteiger partial charge in [-0.3, -0.25) is 0 Å². The van der Waals surface area contributed by atoms with Crippen LogP contribution in [0.4, 0.5) is 0 Å². The van der Waals surface area contributed by atoms with Crippen LogP contribution in [0.15, 0.2) is 98.1 Å². The molecule has 4 heteroatoms. The Morgan fingerprint density at radius 3 is 1.57 bits per heavy atom. The summed E-state index contributed by atoms with van der Waals surface area (Å²) in [6, 6.07) is 27.1. The highest BCUT2D eigenvalue weighted by atomic mass is 16.5. The number of esters is 2. The number of rotatable bonds is 17. The highest BCUT2D eigenvalue weighted by Crippen LogP contribution is 2.38. The zero-order valence-electron chi connectivity index (χ0n) is 26.2. The van der Waals surface area contributed by atoms with Crippen molar-refractivity contribution in [2.24, 2.45) is 5.92 Å². The molecule has 0 spiro atoms. The maximum Gasteiger partial charge on any atom is 0.330 e. The van der Waals surface area contributed by atoms with Crippen LogP contribution in [0.1, 0.15) is 87.7 Å². The lowest BCUT2D eigenvalue weighted by molar-refractivity contribution is -0.138. The van der Waals surface area contributed by atoms with E-state index in [1.807, 2.05) is 0 Å². The molecule has 3 aromatic carbocycles. The van der Waals surface area contributed by atoms with Crippen molar-refractivity contribution in [3.63, 3.8) is 0 Å². The van der Waals surface area contributed by atoms with Crippen LogP contribution in [0.2, 0.25) is 0 Å². The Labute approximate surface area is 264 Å². The van der Waals surface area contributed by atoms with Crippen LogP contribution in [-0.4, -0.2) is 25.2 Å². The molecule has 0 aromatic heterocycles. The van der Waals surface area contributed by atoms with Gasteiger partial charge in [-0.2, -0.15) is 0 Å². The lowest BCUT2D eigenvalue weighted by Gasteiger charge is -2.29. The minimum atomic E-state index is -0.338. The minimum Gasteiger partial charge on any atom is -0.463 e. The molecule has 0 bridgehead atoms. The Morgan fingerprint density at radius 1 is 0.591 bits per heavy atom. The van der Waals surface area contributed by atoms with Crippen molar-refractivity contribution in [1.29, 1.82) is 0 Å². The highest BCUT2D eigenvalue weighted by Gasteiger charge is 2.22. The molecule has 0 amide bonds. The predicted octanol–water partition coefficient (Wildman–Crippen LogP) is 10.0. The molecule has 3 aromatic rings. The summed E-state index contributed by atoms with van der Waals surface area (Å²) in [4.78, 5) is 22.2. The Balaban J connectivity index is 1.17. The van der Waals surface area contributed by atoms with Gasteiger partial charge >= 0.3 is 11.9 Å². The molecule has 232 valence electrons. The molecule has 0 N–H and O–H groups in total. The first-order valence-electron chi connectivity index (χ1n) is 16.4. The summed E-state index contributed by atoms with van der Waals surface area (Å²) >= 11 is 0. The topological polar surface area (TPSA) is 52.6 Å². The van der Waals surface area contributed by atoms with E-state index in [-0.39, 0.29) is 11.9 Å². The lowest BCUT2D eigenvalue weighted by atomic mass is 9.77. The van der Waals surface area contributed by atoms with Crippen molar-refractivity contribution >= 4 is 11.9 Å². The predicted molar refractivity (Wildman–Crippen MR) is 180 cm³/mol. The monoisotopic (exact) mass is 592 g/mol. The van der Waals surface area contributed by atoms with Crippen LogP contribution in [-0.2, 0) is 25.5 Å². The number of carbonyl (C=O) groups is 2. The standard InChI is InChI=1S/C40H48O4/c1-3-39(41)43-29-9-6-5-7-11-31-13-17-33(18-14-31)35-21-25-37(26-22-35)38-27-23-36(24-28-38)34-19-15-32(16-20-34)12-8-10-30-44-40(42)4-2/h3-4,13-14,17-18,21-28,32,34H,1-2,5-12,15-16,19-20,29-30H2. The number of benzene rings is 3. The first kappa shape index (κ1) is 33.0. The van der Waals surface area contributed by atoms with E-state index >= 15 is 0 Å². The fourth-order valence-corrected chi connectivity index (χ4v) is 6.23. The Kier molecular flexibility index (Phi) is 13.5. The third-order valence-corrected chi connectivity index (χ3v) is 8.92. The number of aryl methyl sites for hydroxylation is 1. The normalized spacial score (nSPS) is 16.2. The van der Waals surface area contributed by atoms with Crippen molar-refractivity contribution in [1.82, 2.24) is 0 Å². The maximum absolute atomic E-state index is 11.1. The van der Waals surface area contributed by atoms with Gasteiger partial charge in [0.1, 0.15) is 0 Å². The number of hydrogen-bond acceptors (Lipinski definition) is 4. The zero-order valence-corrected chi connectivity index (χ0v) is 26.2. The van der Waals surface area contributed by atoms with E-state index < -0.39 is 0 Å². The van der Waals surface area contributed by atoms with Gasteiger partial charge in [0, 0.05) is 12.2 Å². The summed E-state index contributed by atoms with van der Waals surface area (Å²) in [6.45, 7) is 7.83. The number of hydrogen-bond donors (Lipinski definition) is 0. The quantitative estimate of drug-likeness (QED) is 0.0889. The molecule has 0 atom stereocenters. The van der Waals surface area contributed by atoms with Crippen LogP contribution < -0.4 is 0 Å². The zero-order chi connectivity index (χ0) is 31.0. The van der Waals surface area contributed by atoms with Crippen LogP contribution in [0, 0.1) is 5.92 Å². The largest absolute Gasteiger partial charge is 0.463 e. The number of unbranched alkanes of at least 4 members (excludes halogenated alkanes) is 4. The van der Waals surface area contributed by atoms with Crippen molar-refractivity contribution < 1.29 is 19.1 Å². The molecule has 0 unspecified atom stereocenters. The molecule has 1 fully saturated rings. The number of ether oxygens (including phenoxy) is 2. The van der Waals surface area contributed by atoms with Gasteiger partial charge in [-0.1, -0.05) is 105 Å². The third-order valence-electron chi connectivity index (χ3n) is 8.92. The third kappa shape index (κ3) is 10.7. The molecule has 1 aliphatic carbocycles. The second-order valence-electron chi connectivity index (χ2n) is 12.0. The molecule has 0 aliphatic heterocycles. The molecule has 4 rings (SSSR count). The lowest BCUT2D eigenvalue weighted by Crippen LogP contribution is -2.13. The minimum absolute atomic E-state index is 0.321. The molecular formula is C40H48O4. The average Bonchev–Trinajstić information content (AvgIpc) is 3.08. The fraction of sp³-hybridized carbons (Fsp3) is 0.400. The van der Waals surface area contributed by atoms with Gasteiger partial charge in [-0.15, -0.1) is 0 Å². The molecule has 44 heavy (non-hydrogen) atoms. The van der Waals surface area contributed by atoms with Crippen molar-refractivity contribution in [2.75, 3.05) is 13.2 Å². The summed E-state index contributed by atoms with van der Waals surface area (Å²) in [6.07, 6.45) is 16.2. The summed E-state index contributed by atoms with van der Waals surface area (Å²) in [5.74, 6) is 0.800. The van der Waals surface area contributed by atoms with Gasteiger partial charge in [0.2, 0.25) is 0 Å². The average molecular weight is 593 g/mol. The van der Waals surface area contributed by atoms with Gasteiger partial charge in [0.05, 0.1) is 13.2 Å². The Bertz CT molecular complexity index is 1310. The first-order valence-corrected chi connectivity index (χ1v) is 16.4. The fourth-order valence-electron chi connectivity index (χ4n) is 6.23. The van der Waals surface area contributed by atoms with E-state index in [1.54, 1.807) is 0 Å². The van der Waals surface area contributed by atoms with E-state index in [0.29, 0.717) is 19.1 Å². The molecule has 4 nitrogen and oxygen atoms in total. The molecule has 0 radical (unpaired) electrons. The van der Waals surface area contributed by atoms with E-state index in [2.05, 4.69) is 86.0 Å². The van der Waals surface area contributed by atoms with Crippen LogP contribution in [0.3, 0.4) is 0 Å². The highest BCUT2D eigenvalue weighted by molar-refractivity contribution is 5.81. The molecular weight excluding hydrogens is 544 g/mol. The van der Waals surface area contributed by atoms with Gasteiger partial charge < -0.3 is 9.47 Å². The number of carbonyl (C=O) groups excluding carboxylic acids is 2. The summed E-state index contributed by atoms with van der Waals surface area (Å²) in [5.41, 5.74) is 7.82. The Morgan fingerprint density at radius 2 is 1.05 bits per heavy atom. The molecule has 1 saturated carbocycles. The molecule has 0 heterocycles. The summed E-state index contributed by atoms with van der Waals surface area (Å²) in [5, 5.41) is 0. The smallest absolute Gasteiger partial charge is 0.330 e. The van der Waals surface area contributed by atoms with Crippen molar-refractivity contribution in [2.45, 2.75) is 83.0 Å². The van der Waals surface area contributed by atoms with Gasteiger partial charge in [-0.05, 0) is 103 Å². The van der Waals surface area contributed by atoms with E-state index in [1.165, 1.54) is 77.6 Å². The van der Waals surface area contributed by atoms with E-state index in [4.69, 9.17) is 9.47 Å².